The zero-order valence-electron chi connectivity index (χ0n) is 18.0. The first kappa shape index (κ1) is 21.6. The zero-order chi connectivity index (χ0) is 22.7. The fraction of sp³-hybridized carbons (Fsp3) is 0.167. The van der Waals surface area contributed by atoms with Gasteiger partial charge in [0.2, 0.25) is 0 Å². The number of hydrogen-bond donors (Lipinski definition) is 2. The van der Waals surface area contributed by atoms with E-state index in [1.165, 1.54) is 7.11 Å². The molecule has 1 aliphatic rings. The van der Waals surface area contributed by atoms with Crippen LogP contribution >= 0.6 is 11.8 Å². The average molecular weight is 450 g/mol. The SMILES string of the molecule is CCN1C(=O)c2ccccc2Sc2ccc(NC(=O)Nc3ccc(OC)cc3OC)cc21. The molecule has 1 heterocycles. The fourth-order valence-electron chi connectivity index (χ4n) is 3.50. The van der Waals surface area contributed by atoms with Gasteiger partial charge in [0.1, 0.15) is 11.5 Å². The third-order valence-corrected chi connectivity index (χ3v) is 6.20. The van der Waals surface area contributed by atoms with Gasteiger partial charge in [0.05, 0.1) is 31.2 Å². The Bertz CT molecular complexity index is 1180. The minimum atomic E-state index is -0.424. The average Bonchev–Trinajstić information content (AvgIpc) is 2.92. The van der Waals surface area contributed by atoms with Gasteiger partial charge in [-0.15, -0.1) is 0 Å². The number of ether oxygens (including phenoxy) is 2. The molecular weight excluding hydrogens is 426 g/mol. The summed E-state index contributed by atoms with van der Waals surface area (Å²) < 4.78 is 10.5. The molecule has 0 aliphatic carbocycles. The van der Waals surface area contributed by atoms with E-state index in [0.717, 1.165) is 15.5 Å². The van der Waals surface area contributed by atoms with Crippen LogP contribution in [0.4, 0.5) is 21.9 Å². The lowest BCUT2D eigenvalue weighted by atomic mass is 10.1. The van der Waals surface area contributed by atoms with E-state index >= 15 is 0 Å². The topological polar surface area (TPSA) is 79.9 Å². The number of carbonyl (C=O) groups is 2. The van der Waals surface area contributed by atoms with Crippen molar-refractivity contribution < 1.29 is 19.1 Å². The van der Waals surface area contributed by atoms with Gasteiger partial charge in [-0.05, 0) is 49.4 Å². The van der Waals surface area contributed by atoms with Crippen LogP contribution in [-0.2, 0) is 0 Å². The highest BCUT2D eigenvalue weighted by atomic mass is 32.2. The molecule has 0 unspecified atom stereocenters. The largest absolute Gasteiger partial charge is 0.497 e. The Labute approximate surface area is 190 Å². The number of amides is 3. The van der Waals surface area contributed by atoms with Gasteiger partial charge in [0.25, 0.3) is 5.91 Å². The van der Waals surface area contributed by atoms with E-state index in [1.54, 1.807) is 42.0 Å². The van der Waals surface area contributed by atoms with Gasteiger partial charge < -0.3 is 25.0 Å². The van der Waals surface area contributed by atoms with Crippen molar-refractivity contribution in [1.29, 1.82) is 0 Å². The fourth-order valence-corrected chi connectivity index (χ4v) is 4.56. The third-order valence-electron chi connectivity index (χ3n) is 5.06. The monoisotopic (exact) mass is 449 g/mol. The standard InChI is InChI=1S/C24H23N3O4S/c1-4-27-19-13-15(9-12-22(19)32-21-8-6-5-7-17(21)23(27)28)25-24(29)26-18-11-10-16(30-2)14-20(18)31-3/h5-14H,4H2,1-3H3,(H2,25,26,29). The number of nitrogens with zero attached hydrogens (tertiary/aromatic N) is 1. The Morgan fingerprint density at radius 1 is 0.969 bits per heavy atom. The molecule has 4 rings (SSSR count). The van der Waals surface area contributed by atoms with Crippen LogP contribution in [0, 0.1) is 0 Å². The van der Waals surface area contributed by atoms with Crippen molar-refractivity contribution in [2.45, 2.75) is 16.7 Å². The molecule has 3 aromatic rings. The van der Waals surface area contributed by atoms with E-state index in [1.807, 2.05) is 49.4 Å². The molecule has 1 aliphatic heterocycles. The molecule has 0 spiro atoms. The molecule has 0 saturated carbocycles. The van der Waals surface area contributed by atoms with Crippen LogP contribution < -0.4 is 25.0 Å². The van der Waals surface area contributed by atoms with Crippen LogP contribution in [0.25, 0.3) is 0 Å². The summed E-state index contributed by atoms with van der Waals surface area (Å²) in [5.41, 5.74) is 2.52. The Morgan fingerprint density at radius 3 is 2.53 bits per heavy atom. The van der Waals surface area contributed by atoms with Crippen LogP contribution in [0.1, 0.15) is 17.3 Å². The summed E-state index contributed by atoms with van der Waals surface area (Å²) in [5.74, 6) is 1.05. The summed E-state index contributed by atoms with van der Waals surface area (Å²) >= 11 is 1.55. The maximum Gasteiger partial charge on any atom is 0.323 e. The van der Waals surface area contributed by atoms with Crippen molar-refractivity contribution in [3.8, 4) is 11.5 Å². The second kappa shape index (κ2) is 9.23. The van der Waals surface area contributed by atoms with Crippen LogP contribution in [0.5, 0.6) is 11.5 Å². The highest BCUT2D eigenvalue weighted by molar-refractivity contribution is 7.99. The number of rotatable bonds is 5. The summed E-state index contributed by atoms with van der Waals surface area (Å²) in [6.07, 6.45) is 0. The van der Waals surface area contributed by atoms with Crippen LogP contribution in [0.3, 0.4) is 0 Å². The minimum Gasteiger partial charge on any atom is -0.497 e. The van der Waals surface area contributed by atoms with E-state index in [4.69, 9.17) is 9.47 Å². The van der Waals surface area contributed by atoms with Crippen LogP contribution in [-0.4, -0.2) is 32.7 Å². The van der Waals surface area contributed by atoms with Gasteiger partial charge >= 0.3 is 6.03 Å². The van der Waals surface area contributed by atoms with Gasteiger partial charge in [-0.25, -0.2) is 4.79 Å². The molecule has 0 radical (unpaired) electrons. The number of urea groups is 1. The predicted octanol–water partition coefficient (Wildman–Crippen LogP) is 5.48. The first-order chi connectivity index (χ1) is 15.5. The van der Waals surface area contributed by atoms with E-state index in [0.29, 0.717) is 35.0 Å². The molecule has 0 aromatic heterocycles. The molecule has 0 fully saturated rings. The molecule has 0 saturated heterocycles. The minimum absolute atomic E-state index is 0.0566. The van der Waals surface area contributed by atoms with Crippen molar-refractivity contribution in [3.05, 3.63) is 66.2 Å². The van der Waals surface area contributed by atoms with Gasteiger partial charge in [0, 0.05) is 28.1 Å². The lowest BCUT2D eigenvalue weighted by Gasteiger charge is -2.22. The Morgan fingerprint density at radius 2 is 1.78 bits per heavy atom. The van der Waals surface area contributed by atoms with E-state index in [9.17, 15) is 9.59 Å². The number of nitrogens with one attached hydrogen (secondary N) is 2. The number of fused-ring (bicyclic) bond motifs is 2. The molecule has 164 valence electrons. The van der Waals surface area contributed by atoms with Crippen LogP contribution in [0.2, 0.25) is 0 Å². The summed E-state index contributed by atoms with van der Waals surface area (Å²) in [7, 11) is 3.09. The number of hydrogen-bond acceptors (Lipinski definition) is 5. The lowest BCUT2D eigenvalue weighted by molar-refractivity contribution is 0.0985. The predicted molar refractivity (Wildman–Crippen MR) is 127 cm³/mol. The van der Waals surface area contributed by atoms with Crippen molar-refractivity contribution in [3.63, 3.8) is 0 Å². The van der Waals surface area contributed by atoms with Gasteiger partial charge in [0.15, 0.2) is 0 Å². The molecule has 0 bridgehead atoms. The molecule has 0 atom stereocenters. The first-order valence-electron chi connectivity index (χ1n) is 10.1. The molecule has 3 aromatic carbocycles. The molecule has 7 nitrogen and oxygen atoms in total. The zero-order valence-corrected chi connectivity index (χ0v) is 18.8. The second-order valence-corrected chi connectivity index (χ2v) is 8.06. The third kappa shape index (κ3) is 4.22. The summed E-state index contributed by atoms with van der Waals surface area (Å²) in [6, 6.07) is 17.9. The molecular formula is C24H23N3O4S. The first-order valence-corrected chi connectivity index (χ1v) is 10.9. The van der Waals surface area contributed by atoms with E-state index in [-0.39, 0.29) is 5.91 Å². The van der Waals surface area contributed by atoms with Gasteiger partial charge in [-0.1, -0.05) is 23.9 Å². The molecule has 3 amide bonds. The Hall–Kier alpha value is -3.65. The second-order valence-electron chi connectivity index (χ2n) is 6.98. The normalized spacial score (nSPS) is 12.3. The van der Waals surface area contributed by atoms with Gasteiger partial charge in [-0.2, -0.15) is 0 Å². The van der Waals surface area contributed by atoms with E-state index in [2.05, 4.69) is 10.6 Å². The summed E-state index contributed by atoms with van der Waals surface area (Å²) in [5, 5.41) is 5.62. The molecule has 32 heavy (non-hydrogen) atoms. The maximum atomic E-state index is 13.1. The summed E-state index contributed by atoms with van der Waals surface area (Å²) in [4.78, 5) is 29.4. The smallest absolute Gasteiger partial charge is 0.323 e. The molecule has 8 heteroatoms. The Kier molecular flexibility index (Phi) is 6.23. The highest BCUT2D eigenvalue weighted by Gasteiger charge is 2.26. The maximum absolute atomic E-state index is 13.1. The number of carbonyl (C=O) groups excluding carboxylic acids is 2. The van der Waals surface area contributed by atoms with Crippen molar-refractivity contribution in [1.82, 2.24) is 0 Å². The summed E-state index contributed by atoms with van der Waals surface area (Å²) in [6.45, 7) is 2.45. The number of anilines is 3. The lowest BCUT2D eigenvalue weighted by Crippen LogP contribution is -2.30. The Balaban J connectivity index is 1.58. The van der Waals surface area contributed by atoms with Gasteiger partial charge in [-0.3, -0.25) is 4.79 Å². The number of benzene rings is 3. The van der Waals surface area contributed by atoms with Crippen molar-refractivity contribution in [2.24, 2.45) is 0 Å². The number of methoxy groups -OCH3 is 2. The van der Waals surface area contributed by atoms with E-state index < -0.39 is 6.03 Å². The molecule has 2 N–H and O–H groups in total. The quantitative estimate of drug-likeness (QED) is 0.539. The van der Waals surface area contributed by atoms with Crippen molar-refractivity contribution >= 4 is 40.8 Å². The highest BCUT2D eigenvalue weighted by Crippen LogP contribution is 2.42. The van der Waals surface area contributed by atoms with Crippen LogP contribution in [0.15, 0.2) is 70.5 Å². The van der Waals surface area contributed by atoms with Crippen molar-refractivity contribution in [2.75, 3.05) is 36.3 Å².